The number of nitrogens with one attached hydrogen (secondary N) is 2. The van der Waals surface area contributed by atoms with E-state index in [4.69, 9.17) is 4.74 Å². The van der Waals surface area contributed by atoms with Gasteiger partial charge in [-0.25, -0.2) is 0 Å². The predicted octanol–water partition coefficient (Wildman–Crippen LogP) is -0.267. The smallest absolute Gasteiger partial charge is 0.310 e. The fourth-order valence-corrected chi connectivity index (χ4v) is 3.59. The maximum absolute atomic E-state index is 12.3. The summed E-state index contributed by atoms with van der Waals surface area (Å²) in [5.74, 6) is -2.21. The highest BCUT2D eigenvalue weighted by molar-refractivity contribution is 5.86. The number of carboxylic acid groups (broad SMARTS) is 1. The largest absolute Gasteiger partial charge is 0.481 e. The number of hydrogen-bond acceptors (Lipinski definition) is 4. The lowest BCUT2D eigenvalue weighted by Crippen LogP contribution is -2.49. The van der Waals surface area contributed by atoms with Gasteiger partial charge in [0.2, 0.25) is 5.91 Å². The Kier molecular flexibility index (Phi) is 3.45. The van der Waals surface area contributed by atoms with E-state index in [0.717, 1.165) is 38.8 Å². The normalized spacial score (nSPS) is 38.3. The van der Waals surface area contributed by atoms with Crippen molar-refractivity contribution in [1.29, 1.82) is 0 Å². The van der Waals surface area contributed by atoms with Crippen molar-refractivity contribution in [2.45, 2.75) is 43.9 Å². The van der Waals surface area contributed by atoms with Crippen molar-refractivity contribution in [3.63, 3.8) is 0 Å². The molecular formula is C13H20N2O4. The molecule has 0 aromatic rings. The first kappa shape index (κ1) is 12.9. The van der Waals surface area contributed by atoms with Crippen LogP contribution in [0.3, 0.4) is 0 Å². The van der Waals surface area contributed by atoms with Crippen LogP contribution in [0.5, 0.6) is 0 Å². The van der Waals surface area contributed by atoms with E-state index in [1.807, 2.05) is 0 Å². The minimum absolute atomic E-state index is 0.133. The van der Waals surface area contributed by atoms with E-state index in [9.17, 15) is 14.7 Å². The lowest BCUT2D eigenvalue weighted by atomic mass is 9.78. The van der Waals surface area contributed by atoms with Crippen molar-refractivity contribution in [3.05, 3.63) is 0 Å². The molecule has 0 aromatic heterocycles. The molecule has 106 valence electrons. The van der Waals surface area contributed by atoms with Gasteiger partial charge in [-0.1, -0.05) is 0 Å². The molecule has 3 saturated heterocycles. The average Bonchev–Trinajstić information content (AvgIpc) is 2.99. The van der Waals surface area contributed by atoms with Gasteiger partial charge in [0, 0.05) is 6.04 Å². The second-order valence-corrected chi connectivity index (χ2v) is 5.71. The molecule has 4 atom stereocenters. The van der Waals surface area contributed by atoms with Crippen LogP contribution in [-0.4, -0.2) is 48.3 Å². The van der Waals surface area contributed by atoms with Crippen LogP contribution in [0.4, 0.5) is 0 Å². The Morgan fingerprint density at radius 3 is 2.32 bits per heavy atom. The summed E-state index contributed by atoms with van der Waals surface area (Å²) >= 11 is 0. The Morgan fingerprint density at radius 2 is 1.68 bits per heavy atom. The number of aliphatic carboxylic acids is 1. The monoisotopic (exact) mass is 268 g/mol. The lowest BCUT2D eigenvalue weighted by molar-refractivity contribution is -0.148. The topological polar surface area (TPSA) is 87.7 Å². The third kappa shape index (κ3) is 2.34. The zero-order valence-electron chi connectivity index (χ0n) is 10.8. The van der Waals surface area contributed by atoms with Crippen molar-refractivity contribution < 1.29 is 19.4 Å². The third-order valence-corrected chi connectivity index (χ3v) is 4.55. The first-order valence-electron chi connectivity index (χ1n) is 7.06. The van der Waals surface area contributed by atoms with Gasteiger partial charge in [0.25, 0.3) is 0 Å². The Hall–Kier alpha value is -1.14. The van der Waals surface area contributed by atoms with Crippen LogP contribution in [0.2, 0.25) is 0 Å². The molecule has 0 spiro atoms. The maximum Gasteiger partial charge on any atom is 0.310 e. The van der Waals surface area contributed by atoms with Gasteiger partial charge in [0.1, 0.15) is 0 Å². The highest BCUT2D eigenvalue weighted by Gasteiger charge is 2.55. The van der Waals surface area contributed by atoms with Gasteiger partial charge in [-0.2, -0.15) is 0 Å². The molecule has 3 rings (SSSR count). The number of carbonyl (C=O) groups excluding carboxylic acids is 1. The number of rotatable bonds is 3. The van der Waals surface area contributed by atoms with E-state index in [2.05, 4.69) is 10.6 Å². The molecule has 6 heteroatoms. The second kappa shape index (κ2) is 5.09. The minimum atomic E-state index is -0.905. The van der Waals surface area contributed by atoms with Gasteiger partial charge in [0.05, 0.1) is 24.0 Å². The number of ether oxygens (including phenoxy) is 1. The number of piperidine rings is 1. The maximum atomic E-state index is 12.3. The molecule has 3 aliphatic heterocycles. The van der Waals surface area contributed by atoms with Crippen LogP contribution in [0.15, 0.2) is 0 Å². The first-order valence-corrected chi connectivity index (χ1v) is 7.06. The minimum Gasteiger partial charge on any atom is -0.481 e. The SMILES string of the molecule is O=C(NC1CCNCC1)C1C(C(=O)O)[C@H]2CC[C@@H]1O2. The molecule has 3 N–H and O–H groups in total. The van der Waals surface area contributed by atoms with Gasteiger partial charge in [0.15, 0.2) is 0 Å². The summed E-state index contributed by atoms with van der Waals surface area (Å²) in [5, 5.41) is 15.5. The zero-order chi connectivity index (χ0) is 13.4. The summed E-state index contributed by atoms with van der Waals surface area (Å²) < 4.78 is 5.62. The van der Waals surface area contributed by atoms with E-state index in [-0.39, 0.29) is 24.2 Å². The zero-order valence-corrected chi connectivity index (χ0v) is 10.8. The summed E-state index contributed by atoms with van der Waals surface area (Å²) in [7, 11) is 0. The number of amides is 1. The van der Waals surface area contributed by atoms with Gasteiger partial charge in [-0.3, -0.25) is 9.59 Å². The molecule has 0 aromatic carbocycles. The third-order valence-electron chi connectivity index (χ3n) is 4.55. The van der Waals surface area contributed by atoms with E-state index in [1.165, 1.54) is 0 Å². The standard InChI is InChI=1S/C13H20N2O4/c16-12(15-7-3-5-14-6-4-7)10-8-1-2-9(19-8)11(10)13(17)18/h7-11,14H,1-6H2,(H,15,16)(H,17,18)/t8-,9+,10?,11?/m0/s1. The number of carbonyl (C=O) groups is 2. The Labute approximate surface area is 111 Å². The van der Waals surface area contributed by atoms with Crippen molar-refractivity contribution in [1.82, 2.24) is 10.6 Å². The molecule has 3 heterocycles. The Balaban J connectivity index is 1.66. The van der Waals surface area contributed by atoms with E-state index in [1.54, 1.807) is 0 Å². The van der Waals surface area contributed by atoms with Crippen LogP contribution >= 0.6 is 0 Å². The Bertz CT molecular complexity index is 381. The molecule has 3 aliphatic rings. The van der Waals surface area contributed by atoms with Crippen LogP contribution in [0.25, 0.3) is 0 Å². The number of fused-ring (bicyclic) bond motifs is 2. The van der Waals surface area contributed by atoms with Crippen LogP contribution in [-0.2, 0) is 14.3 Å². The van der Waals surface area contributed by atoms with E-state index in [0.29, 0.717) is 0 Å². The predicted molar refractivity (Wildman–Crippen MR) is 66.5 cm³/mol. The second-order valence-electron chi connectivity index (χ2n) is 5.71. The lowest BCUT2D eigenvalue weighted by Gasteiger charge is -2.28. The highest BCUT2D eigenvalue weighted by atomic mass is 16.5. The molecule has 3 fully saturated rings. The number of carboxylic acids is 1. The molecule has 2 bridgehead atoms. The van der Waals surface area contributed by atoms with E-state index < -0.39 is 17.8 Å². The fraction of sp³-hybridized carbons (Fsp3) is 0.846. The average molecular weight is 268 g/mol. The van der Waals surface area contributed by atoms with Crippen LogP contribution < -0.4 is 10.6 Å². The van der Waals surface area contributed by atoms with Crippen LogP contribution in [0.1, 0.15) is 25.7 Å². The molecule has 0 radical (unpaired) electrons. The van der Waals surface area contributed by atoms with Crippen molar-refractivity contribution >= 4 is 11.9 Å². The molecule has 0 aliphatic carbocycles. The number of hydrogen-bond donors (Lipinski definition) is 3. The quantitative estimate of drug-likeness (QED) is 0.656. The van der Waals surface area contributed by atoms with Crippen molar-refractivity contribution in [2.24, 2.45) is 11.8 Å². The molecule has 2 unspecified atom stereocenters. The van der Waals surface area contributed by atoms with Gasteiger partial charge >= 0.3 is 5.97 Å². The van der Waals surface area contributed by atoms with Crippen LogP contribution in [0, 0.1) is 11.8 Å². The first-order chi connectivity index (χ1) is 9.16. The summed E-state index contributed by atoms with van der Waals surface area (Å²) in [6, 6.07) is 0.169. The molecule has 19 heavy (non-hydrogen) atoms. The van der Waals surface area contributed by atoms with Crippen molar-refractivity contribution in [3.8, 4) is 0 Å². The molecule has 1 amide bonds. The molecular weight excluding hydrogens is 248 g/mol. The van der Waals surface area contributed by atoms with Crippen molar-refractivity contribution in [2.75, 3.05) is 13.1 Å². The molecule has 6 nitrogen and oxygen atoms in total. The summed E-state index contributed by atoms with van der Waals surface area (Å²) in [6.07, 6.45) is 2.91. The van der Waals surface area contributed by atoms with Gasteiger partial charge in [-0.05, 0) is 38.8 Å². The van der Waals surface area contributed by atoms with Gasteiger partial charge < -0.3 is 20.5 Å². The Morgan fingerprint density at radius 1 is 1.05 bits per heavy atom. The summed E-state index contributed by atoms with van der Waals surface area (Å²) in [6.45, 7) is 1.81. The summed E-state index contributed by atoms with van der Waals surface area (Å²) in [4.78, 5) is 23.7. The highest BCUT2D eigenvalue weighted by Crippen LogP contribution is 2.43. The molecule has 0 saturated carbocycles. The fourth-order valence-electron chi connectivity index (χ4n) is 3.59. The van der Waals surface area contributed by atoms with E-state index >= 15 is 0 Å². The summed E-state index contributed by atoms with van der Waals surface area (Å²) in [5.41, 5.74) is 0. The van der Waals surface area contributed by atoms with Gasteiger partial charge in [-0.15, -0.1) is 0 Å².